The molecule has 1 fully saturated rings. The zero-order valence-corrected chi connectivity index (χ0v) is 15.4. The van der Waals surface area contributed by atoms with Crippen molar-refractivity contribution >= 4 is 41.0 Å². The molecule has 0 aliphatic carbocycles. The number of hydrogen-bond acceptors (Lipinski definition) is 3. The maximum Gasteiger partial charge on any atom is 0.0557 e. The van der Waals surface area contributed by atoms with Gasteiger partial charge in [-0.3, -0.25) is 9.91 Å². The molecule has 1 heterocycles. The number of piperazine rings is 1. The molecule has 0 atom stereocenters. The zero-order chi connectivity index (χ0) is 16.9. The predicted molar refractivity (Wildman–Crippen MR) is 102 cm³/mol. The lowest BCUT2D eigenvalue weighted by Crippen LogP contribution is -2.43. The molecular formula is C18H18Cl3N3. The van der Waals surface area contributed by atoms with E-state index in [2.05, 4.69) is 21.1 Å². The minimum Gasteiger partial charge on any atom is -0.295 e. The van der Waals surface area contributed by atoms with Crippen molar-refractivity contribution in [2.24, 2.45) is 5.10 Å². The summed E-state index contributed by atoms with van der Waals surface area (Å²) < 4.78 is 0. The van der Waals surface area contributed by atoms with E-state index in [1.54, 1.807) is 12.3 Å². The Morgan fingerprint density at radius 1 is 0.917 bits per heavy atom. The van der Waals surface area contributed by atoms with Gasteiger partial charge in [-0.2, -0.15) is 5.10 Å². The summed E-state index contributed by atoms with van der Waals surface area (Å²) in [6.45, 7) is 4.55. The molecule has 0 radical (unpaired) electrons. The van der Waals surface area contributed by atoms with Gasteiger partial charge in [0.25, 0.3) is 0 Å². The van der Waals surface area contributed by atoms with Gasteiger partial charge in [0.2, 0.25) is 0 Å². The minimum absolute atomic E-state index is 0.614. The highest BCUT2D eigenvalue weighted by molar-refractivity contribution is 6.36. The molecule has 0 saturated carbocycles. The summed E-state index contributed by atoms with van der Waals surface area (Å²) in [6, 6.07) is 13.4. The van der Waals surface area contributed by atoms with Crippen molar-refractivity contribution in [3.63, 3.8) is 0 Å². The molecular weight excluding hydrogens is 365 g/mol. The standard InChI is InChI=1S/C18H18Cl3N3/c19-16-6-5-14(18(21)11-16)12-22-24-9-7-23(8-10-24)13-15-3-1-2-4-17(15)20/h1-6,11-12H,7-10,13H2/b22-12-. The van der Waals surface area contributed by atoms with Crippen LogP contribution in [0.4, 0.5) is 0 Å². The van der Waals surface area contributed by atoms with Gasteiger partial charge < -0.3 is 0 Å². The van der Waals surface area contributed by atoms with Crippen LogP contribution in [-0.2, 0) is 6.54 Å². The first-order valence-electron chi connectivity index (χ1n) is 7.81. The van der Waals surface area contributed by atoms with Gasteiger partial charge in [-0.15, -0.1) is 0 Å². The first-order chi connectivity index (χ1) is 11.6. The molecule has 24 heavy (non-hydrogen) atoms. The molecule has 3 nitrogen and oxygen atoms in total. The number of hydrazone groups is 1. The van der Waals surface area contributed by atoms with Crippen LogP contribution >= 0.6 is 34.8 Å². The Bertz CT molecular complexity index is 725. The SMILES string of the molecule is Clc1ccc(/C=N\N2CCN(Cc3ccccc3Cl)CC2)c(Cl)c1. The predicted octanol–water partition coefficient (Wildman–Crippen LogP) is 4.80. The summed E-state index contributed by atoms with van der Waals surface area (Å²) in [7, 11) is 0. The lowest BCUT2D eigenvalue weighted by atomic mass is 10.2. The van der Waals surface area contributed by atoms with E-state index < -0.39 is 0 Å². The molecule has 1 saturated heterocycles. The van der Waals surface area contributed by atoms with Gasteiger partial charge in [-0.25, -0.2) is 0 Å². The van der Waals surface area contributed by atoms with Gasteiger partial charge in [0.1, 0.15) is 0 Å². The van der Waals surface area contributed by atoms with E-state index in [4.69, 9.17) is 34.8 Å². The maximum absolute atomic E-state index is 6.23. The van der Waals surface area contributed by atoms with Crippen molar-refractivity contribution in [1.29, 1.82) is 0 Å². The van der Waals surface area contributed by atoms with E-state index in [0.717, 1.165) is 43.3 Å². The van der Waals surface area contributed by atoms with E-state index in [-0.39, 0.29) is 0 Å². The van der Waals surface area contributed by atoms with Crippen molar-refractivity contribution in [1.82, 2.24) is 9.91 Å². The summed E-state index contributed by atoms with van der Waals surface area (Å²) >= 11 is 18.3. The Kier molecular flexibility index (Phi) is 6.01. The van der Waals surface area contributed by atoms with Crippen molar-refractivity contribution in [3.8, 4) is 0 Å². The first kappa shape index (κ1) is 17.6. The highest BCUT2D eigenvalue weighted by atomic mass is 35.5. The number of nitrogens with zero attached hydrogens (tertiary/aromatic N) is 3. The van der Waals surface area contributed by atoms with Crippen molar-refractivity contribution in [2.45, 2.75) is 6.54 Å². The molecule has 0 amide bonds. The van der Waals surface area contributed by atoms with Crippen LogP contribution in [-0.4, -0.2) is 42.3 Å². The van der Waals surface area contributed by atoms with Gasteiger partial charge in [0.15, 0.2) is 0 Å². The average molecular weight is 383 g/mol. The van der Waals surface area contributed by atoms with Gasteiger partial charge in [0, 0.05) is 48.3 Å². The molecule has 6 heteroatoms. The lowest BCUT2D eigenvalue weighted by molar-refractivity contribution is 0.131. The van der Waals surface area contributed by atoms with Crippen molar-refractivity contribution in [3.05, 3.63) is 68.7 Å². The molecule has 0 aromatic heterocycles. The van der Waals surface area contributed by atoms with Crippen molar-refractivity contribution in [2.75, 3.05) is 26.2 Å². The maximum atomic E-state index is 6.23. The van der Waals surface area contributed by atoms with Gasteiger partial charge in [-0.05, 0) is 23.8 Å². The van der Waals surface area contributed by atoms with E-state index >= 15 is 0 Å². The fourth-order valence-electron chi connectivity index (χ4n) is 2.63. The Balaban J connectivity index is 1.53. The third-order valence-corrected chi connectivity index (χ3v) is 4.95. The molecule has 1 aliphatic heterocycles. The highest BCUT2D eigenvalue weighted by Crippen LogP contribution is 2.20. The number of halogens is 3. The fraction of sp³-hybridized carbons (Fsp3) is 0.278. The Labute approximate surface area is 157 Å². The quantitative estimate of drug-likeness (QED) is 0.707. The van der Waals surface area contributed by atoms with Crippen LogP contribution in [0.25, 0.3) is 0 Å². The Hall–Kier alpha value is -1.26. The van der Waals surface area contributed by atoms with Crippen LogP contribution in [0.1, 0.15) is 11.1 Å². The second kappa shape index (κ2) is 8.21. The van der Waals surface area contributed by atoms with Crippen LogP contribution in [0.2, 0.25) is 15.1 Å². The van der Waals surface area contributed by atoms with E-state index in [1.807, 2.05) is 30.3 Å². The Morgan fingerprint density at radius 3 is 2.38 bits per heavy atom. The molecule has 0 unspecified atom stereocenters. The molecule has 2 aromatic rings. The summed E-state index contributed by atoms with van der Waals surface area (Å²) in [4.78, 5) is 2.39. The third-order valence-electron chi connectivity index (χ3n) is 4.02. The topological polar surface area (TPSA) is 18.8 Å². The molecule has 1 aliphatic rings. The highest BCUT2D eigenvalue weighted by Gasteiger charge is 2.16. The van der Waals surface area contributed by atoms with Gasteiger partial charge in [0.05, 0.1) is 11.2 Å². The van der Waals surface area contributed by atoms with Gasteiger partial charge in [-0.1, -0.05) is 59.1 Å². The van der Waals surface area contributed by atoms with Crippen LogP contribution < -0.4 is 0 Å². The summed E-state index contributed by atoms with van der Waals surface area (Å²) in [6.07, 6.45) is 1.79. The van der Waals surface area contributed by atoms with E-state index in [9.17, 15) is 0 Å². The molecule has 126 valence electrons. The molecule has 0 N–H and O–H groups in total. The van der Waals surface area contributed by atoms with E-state index in [0.29, 0.717) is 10.0 Å². The van der Waals surface area contributed by atoms with Crippen LogP contribution in [0.15, 0.2) is 47.6 Å². The minimum atomic E-state index is 0.614. The number of rotatable bonds is 4. The lowest BCUT2D eigenvalue weighted by Gasteiger charge is -2.33. The largest absolute Gasteiger partial charge is 0.295 e. The smallest absolute Gasteiger partial charge is 0.0557 e. The average Bonchev–Trinajstić information content (AvgIpc) is 2.57. The monoisotopic (exact) mass is 381 g/mol. The Morgan fingerprint density at radius 2 is 1.67 bits per heavy atom. The van der Waals surface area contributed by atoms with Crippen molar-refractivity contribution < 1.29 is 0 Å². The first-order valence-corrected chi connectivity index (χ1v) is 8.95. The third kappa shape index (κ3) is 4.64. The summed E-state index contributed by atoms with van der Waals surface area (Å²) in [5, 5.41) is 8.67. The van der Waals surface area contributed by atoms with Crippen LogP contribution in [0.5, 0.6) is 0 Å². The second-order valence-corrected chi connectivity index (χ2v) is 6.98. The molecule has 2 aromatic carbocycles. The normalized spacial score (nSPS) is 16.0. The number of benzene rings is 2. The zero-order valence-electron chi connectivity index (χ0n) is 13.1. The summed E-state index contributed by atoms with van der Waals surface area (Å²) in [5.41, 5.74) is 2.05. The van der Waals surface area contributed by atoms with E-state index in [1.165, 1.54) is 5.56 Å². The fourth-order valence-corrected chi connectivity index (χ4v) is 3.28. The van der Waals surface area contributed by atoms with Gasteiger partial charge >= 0.3 is 0 Å². The molecule has 0 spiro atoms. The van der Waals surface area contributed by atoms with Crippen LogP contribution in [0, 0.1) is 0 Å². The molecule has 0 bridgehead atoms. The summed E-state index contributed by atoms with van der Waals surface area (Å²) in [5.74, 6) is 0. The van der Waals surface area contributed by atoms with Crippen LogP contribution in [0.3, 0.4) is 0 Å². The molecule has 3 rings (SSSR count). The second-order valence-electron chi connectivity index (χ2n) is 5.73. The number of hydrogen-bond donors (Lipinski definition) is 0.